The third kappa shape index (κ3) is 5.40. The predicted octanol–water partition coefficient (Wildman–Crippen LogP) is 5.34. The van der Waals surface area contributed by atoms with Gasteiger partial charge in [-0.3, -0.25) is 9.59 Å². The zero-order valence-electron chi connectivity index (χ0n) is 16.9. The third-order valence-corrected chi connectivity index (χ3v) is 4.94. The number of amides is 1. The van der Waals surface area contributed by atoms with Gasteiger partial charge in [0.15, 0.2) is 5.78 Å². The number of hydrogen-bond acceptors (Lipinski definition) is 3. The van der Waals surface area contributed by atoms with Gasteiger partial charge < -0.3 is 5.32 Å². The molecule has 0 heterocycles. The number of nitriles is 1. The van der Waals surface area contributed by atoms with Crippen molar-refractivity contribution in [2.24, 2.45) is 0 Å². The molecule has 3 rings (SSSR count). The van der Waals surface area contributed by atoms with Crippen molar-refractivity contribution < 1.29 is 18.4 Å². The van der Waals surface area contributed by atoms with Crippen LogP contribution in [0.25, 0.3) is 11.1 Å². The third-order valence-electron chi connectivity index (χ3n) is 4.94. The SMILES string of the molecule is CC(=O)N[C@H](CCC(=O)c1c(F)cccc1F)c1ccc(-c2ccc(C#N)cc2)cc1. The molecule has 0 aromatic heterocycles. The van der Waals surface area contributed by atoms with Crippen LogP contribution in [0.5, 0.6) is 0 Å². The summed E-state index contributed by atoms with van der Waals surface area (Å²) < 4.78 is 27.7. The van der Waals surface area contributed by atoms with E-state index in [0.717, 1.165) is 28.8 Å². The second-order valence-electron chi connectivity index (χ2n) is 7.12. The summed E-state index contributed by atoms with van der Waals surface area (Å²) in [4.78, 5) is 24.0. The fraction of sp³-hybridized carbons (Fsp3) is 0.160. The molecule has 6 heteroatoms. The molecule has 156 valence electrons. The maximum atomic E-state index is 13.9. The van der Waals surface area contributed by atoms with Crippen LogP contribution in [0.15, 0.2) is 66.7 Å². The van der Waals surface area contributed by atoms with Gasteiger partial charge in [0.05, 0.1) is 23.2 Å². The molecule has 3 aromatic rings. The number of hydrogen-bond donors (Lipinski definition) is 1. The van der Waals surface area contributed by atoms with Crippen LogP contribution in [0, 0.1) is 23.0 Å². The Labute approximate surface area is 179 Å². The second-order valence-corrected chi connectivity index (χ2v) is 7.12. The Hall–Kier alpha value is -3.85. The number of Topliss-reactive ketones (excluding diaryl/α,β-unsaturated/α-hetero) is 1. The molecule has 0 unspecified atom stereocenters. The quantitative estimate of drug-likeness (QED) is 0.526. The number of rotatable bonds is 7. The molecule has 3 aromatic carbocycles. The van der Waals surface area contributed by atoms with E-state index in [1.807, 2.05) is 36.4 Å². The van der Waals surface area contributed by atoms with E-state index < -0.39 is 29.0 Å². The molecular formula is C25H20F2N2O2. The van der Waals surface area contributed by atoms with E-state index in [0.29, 0.717) is 5.56 Å². The van der Waals surface area contributed by atoms with Crippen molar-refractivity contribution >= 4 is 11.7 Å². The van der Waals surface area contributed by atoms with E-state index >= 15 is 0 Å². The number of nitrogens with one attached hydrogen (secondary N) is 1. The van der Waals surface area contributed by atoms with Crippen molar-refractivity contribution in [2.75, 3.05) is 0 Å². The molecular weight excluding hydrogens is 398 g/mol. The lowest BCUT2D eigenvalue weighted by atomic mass is 9.95. The van der Waals surface area contributed by atoms with Gasteiger partial charge in [0, 0.05) is 13.3 Å². The fourth-order valence-corrected chi connectivity index (χ4v) is 3.38. The first-order chi connectivity index (χ1) is 14.9. The summed E-state index contributed by atoms with van der Waals surface area (Å²) in [7, 11) is 0. The molecule has 0 aliphatic carbocycles. The molecule has 0 fully saturated rings. The van der Waals surface area contributed by atoms with Crippen LogP contribution in [0.4, 0.5) is 8.78 Å². The van der Waals surface area contributed by atoms with Crippen molar-refractivity contribution in [2.45, 2.75) is 25.8 Å². The first-order valence-corrected chi connectivity index (χ1v) is 9.74. The highest BCUT2D eigenvalue weighted by Gasteiger charge is 2.20. The van der Waals surface area contributed by atoms with Gasteiger partial charge in [-0.2, -0.15) is 5.26 Å². The molecule has 0 bridgehead atoms. The fourth-order valence-electron chi connectivity index (χ4n) is 3.38. The van der Waals surface area contributed by atoms with Crippen molar-refractivity contribution in [3.63, 3.8) is 0 Å². The average molecular weight is 418 g/mol. The summed E-state index contributed by atoms with van der Waals surface area (Å²) >= 11 is 0. The van der Waals surface area contributed by atoms with Gasteiger partial charge in [-0.15, -0.1) is 0 Å². The Morgan fingerprint density at radius 3 is 2.00 bits per heavy atom. The van der Waals surface area contributed by atoms with Crippen molar-refractivity contribution in [1.29, 1.82) is 5.26 Å². The van der Waals surface area contributed by atoms with E-state index in [4.69, 9.17) is 5.26 Å². The number of carbonyl (C=O) groups is 2. The molecule has 0 aliphatic heterocycles. The maximum absolute atomic E-state index is 13.9. The highest BCUT2D eigenvalue weighted by molar-refractivity contribution is 5.96. The number of nitrogens with zero attached hydrogens (tertiary/aromatic N) is 1. The lowest BCUT2D eigenvalue weighted by molar-refractivity contribution is -0.119. The van der Waals surface area contributed by atoms with Crippen LogP contribution in [0.3, 0.4) is 0 Å². The van der Waals surface area contributed by atoms with Crippen LogP contribution in [-0.2, 0) is 4.79 Å². The van der Waals surface area contributed by atoms with Gasteiger partial charge in [0.2, 0.25) is 5.91 Å². The van der Waals surface area contributed by atoms with E-state index in [-0.39, 0.29) is 18.7 Å². The summed E-state index contributed by atoms with van der Waals surface area (Å²) in [5.74, 6) is -2.72. The molecule has 4 nitrogen and oxygen atoms in total. The van der Waals surface area contributed by atoms with Crippen LogP contribution in [0.1, 0.15) is 47.3 Å². The van der Waals surface area contributed by atoms with E-state index in [2.05, 4.69) is 11.4 Å². The summed E-state index contributed by atoms with van der Waals surface area (Å²) in [6.45, 7) is 1.37. The summed E-state index contributed by atoms with van der Waals surface area (Å²) in [5.41, 5.74) is 2.66. The predicted molar refractivity (Wildman–Crippen MR) is 113 cm³/mol. The van der Waals surface area contributed by atoms with E-state index in [9.17, 15) is 18.4 Å². The highest BCUT2D eigenvalue weighted by atomic mass is 19.1. The van der Waals surface area contributed by atoms with Crippen molar-refractivity contribution in [1.82, 2.24) is 5.32 Å². The van der Waals surface area contributed by atoms with Crippen molar-refractivity contribution in [3.8, 4) is 17.2 Å². The minimum absolute atomic E-state index is 0.125. The second kappa shape index (κ2) is 9.77. The average Bonchev–Trinajstić information content (AvgIpc) is 2.76. The lowest BCUT2D eigenvalue weighted by Gasteiger charge is -2.19. The van der Waals surface area contributed by atoms with E-state index in [1.54, 1.807) is 12.1 Å². The van der Waals surface area contributed by atoms with Crippen LogP contribution in [-0.4, -0.2) is 11.7 Å². The first kappa shape index (κ1) is 21.8. The van der Waals surface area contributed by atoms with Gasteiger partial charge in [-0.1, -0.05) is 42.5 Å². The van der Waals surface area contributed by atoms with Gasteiger partial charge in [-0.25, -0.2) is 8.78 Å². The Morgan fingerprint density at radius 2 is 1.48 bits per heavy atom. The van der Waals surface area contributed by atoms with Gasteiger partial charge in [-0.05, 0) is 47.4 Å². The number of ketones is 1. The number of benzene rings is 3. The smallest absolute Gasteiger partial charge is 0.217 e. The molecule has 0 radical (unpaired) electrons. The standard InChI is InChI=1S/C25H20F2N2O2/c1-16(30)29-23(13-14-24(31)25-21(26)3-2-4-22(25)27)20-11-9-19(10-12-20)18-7-5-17(15-28)6-8-18/h2-12,23H,13-14H2,1H3,(H,29,30)/t23-/m1/s1. The van der Waals surface area contributed by atoms with E-state index in [1.165, 1.54) is 13.0 Å². The van der Waals surface area contributed by atoms with Crippen LogP contribution in [0.2, 0.25) is 0 Å². The summed E-state index contributed by atoms with van der Waals surface area (Å²) in [5, 5.41) is 11.7. The highest BCUT2D eigenvalue weighted by Crippen LogP contribution is 2.26. The molecule has 1 amide bonds. The lowest BCUT2D eigenvalue weighted by Crippen LogP contribution is -2.26. The monoisotopic (exact) mass is 418 g/mol. The molecule has 0 saturated heterocycles. The Bertz CT molecular complexity index is 1110. The Kier molecular flexibility index (Phi) is 6.88. The van der Waals surface area contributed by atoms with Gasteiger partial charge >= 0.3 is 0 Å². The molecule has 31 heavy (non-hydrogen) atoms. The maximum Gasteiger partial charge on any atom is 0.217 e. The zero-order valence-corrected chi connectivity index (χ0v) is 16.9. The van der Waals surface area contributed by atoms with Crippen LogP contribution < -0.4 is 5.32 Å². The van der Waals surface area contributed by atoms with Crippen molar-refractivity contribution in [3.05, 3.63) is 95.1 Å². The Balaban J connectivity index is 1.76. The zero-order chi connectivity index (χ0) is 22.4. The first-order valence-electron chi connectivity index (χ1n) is 9.74. The minimum Gasteiger partial charge on any atom is -0.350 e. The van der Waals surface area contributed by atoms with Crippen LogP contribution >= 0.6 is 0 Å². The topological polar surface area (TPSA) is 70.0 Å². The molecule has 0 saturated carbocycles. The largest absolute Gasteiger partial charge is 0.350 e. The normalized spacial score (nSPS) is 11.4. The molecule has 0 spiro atoms. The Morgan fingerprint density at radius 1 is 0.935 bits per heavy atom. The molecule has 0 aliphatic rings. The summed E-state index contributed by atoms with van der Waals surface area (Å²) in [6, 6.07) is 19.5. The summed E-state index contributed by atoms with van der Waals surface area (Å²) in [6.07, 6.45) is 0.0720. The van der Waals surface area contributed by atoms with Gasteiger partial charge in [0.25, 0.3) is 0 Å². The molecule has 1 atom stereocenters. The number of carbonyl (C=O) groups excluding carboxylic acids is 2. The molecule has 1 N–H and O–H groups in total. The number of halogens is 2. The van der Waals surface area contributed by atoms with Gasteiger partial charge in [0.1, 0.15) is 11.6 Å². The minimum atomic E-state index is -0.896.